The van der Waals surface area contributed by atoms with Crippen molar-refractivity contribution >= 4 is 17.0 Å². The van der Waals surface area contributed by atoms with Gasteiger partial charge in [-0.3, -0.25) is 0 Å². The molecule has 2 aromatic rings. The molecule has 0 aliphatic heterocycles. The lowest BCUT2D eigenvalue weighted by atomic mass is 10.1. The van der Waals surface area contributed by atoms with Crippen molar-refractivity contribution in [3.05, 3.63) is 52.0 Å². The number of hydrogen-bond donors (Lipinski definition) is 1. The molecule has 1 N–H and O–H groups in total. The molecular formula is C14H13FN2S. The van der Waals surface area contributed by atoms with E-state index >= 15 is 0 Å². The smallest absolute Gasteiger partial charge is 0.143 e. The Bertz CT molecular complexity index is 558. The zero-order valence-corrected chi connectivity index (χ0v) is 10.8. The molecular weight excluding hydrogens is 247 g/mol. The highest BCUT2D eigenvalue weighted by atomic mass is 32.1. The maximum atomic E-state index is 13.5. The van der Waals surface area contributed by atoms with E-state index in [1.807, 2.05) is 23.6 Å². The van der Waals surface area contributed by atoms with Crippen LogP contribution in [0, 0.1) is 17.1 Å². The lowest BCUT2D eigenvalue weighted by molar-refractivity contribution is 0.623. The van der Waals surface area contributed by atoms with E-state index in [1.54, 1.807) is 23.5 Å². The third-order valence-corrected chi connectivity index (χ3v) is 3.74. The predicted molar refractivity (Wildman–Crippen MR) is 72.1 cm³/mol. The Morgan fingerprint density at radius 2 is 2.22 bits per heavy atom. The Morgan fingerprint density at radius 1 is 1.39 bits per heavy atom. The zero-order valence-electron chi connectivity index (χ0n) is 9.98. The maximum absolute atomic E-state index is 13.5. The summed E-state index contributed by atoms with van der Waals surface area (Å²) in [6.07, 6.45) is 0.877. The molecule has 0 fully saturated rings. The molecule has 2 nitrogen and oxygen atoms in total. The summed E-state index contributed by atoms with van der Waals surface area (Å²) < 4.78 is 13.5. The van der Waals surface area contributed by atoms with E-state index in [9.17, 15) is 4.39 Å². The molecule has 18 heavy (non-hydrogen) atoms. The van der Waals surface area contributed by atoms with Crippen molar-refractivity contribution in [3.8, 4) is 6.07 Å². The number of nitriles is 1. The van der Waals surface area contributed by atoms with Gasteiger partial charge >= 0.3 is 0 Å². The van der Waals surface area contributed by atoms with Crippen LogP contribution in [0.3, 0.4) is 0 Å². The Labute approximate surface area is 110 Å². The van der Waals surface area contributed by atoms with Crippen molar-refractivity contribution in [1.29, 1.82) is 5.26 Å². The molecule has 0 bridgehead atoms. The van der Waals surface area contributed by atoms with Gasteiger partial charge in [-0.2, -0.15) is 5.26 Å². The van der Waals surface area contributed by atoms with E-state index in [4.69, 9.17) is 5.26 Å². The van der Waals surface area contributed by atoms with E-state index in [0.29, 0.717) is 5.69 Å². The topological polar surface area (TPSA) is 35.8 Å². The summed E-state index contributed by atoms with van der Waals surface area (Å²) >= 11 is 1.65. The summed E-state index contributed by atoms with van der Waals surface area (Å²) in [5, 5.41) is 14.2. The summed E-state index contributed by atoms with van der Waals surface area (Å²) in [5.74, 6) is -0.483. The van der Waals surface area contributed by atoms with Gasteiger partial charge in [0.05, 0.1) is 11.7 Å². The summed E-state index contributed by atoms with van der Waals surface area (Å²) in [6, 6.07) is 10.7. The fourth-order valence-electron chi connectivity index (χ4n) is 1.81. The monoisotopic (exact) mass is 260 g/mol. The molecule has 1 heterocycles. The number of hydrogen-bond acceptors (Lipinski definition) is 3. The van der Waals surface area contributed by atoms with Gasteiger partial charge in [-0.05, 0) is 30.0 Å². The van der Waals surface area contributed by atoms with Gasteiger partial charge in [0.25, 0.3) is 0 Å². The molecule has 1 aromatic carbocycles. The fourth-order valence-corrected chi connectivity index (χ4v) is 2.67. The Hall–Kier alpha value is -1.86. The molecule has 1 atom stereocenters. The second kappa shape index (κ2) is 5.65. The van der Waals surface area contributed by atoms with Crippen LogP contribution in [0.15, 0.2) is 35.7 Å². The molecule has 0 aliphatic rings. The SMILES string of the molecule is CCC(Nc1cccc(F)c1C#N)c1cccs1. The quantitative estimate of drug-likeness (QED) is 0.888. The highest BCUT2D eigenvalue weighted by Gasteiger charge is 2.14. The molecule has 4 heteroatoms. The van der Waals surface area contributed by atoms with Crippen LogP contribution < -0.4 is 5.32 Å². The van der Waals surface area contributed by atoms with Gasteiger partial charge < -0.3 is 5.32 Å². The Morgan fingerprint density at radius 3 is 2.83 bits per heavy atom. The van der Waals surface area contributed by atoms with Crippen LogP contribution in [0.5, 0.6) is 0 Å². The molecule has 0 spiro atoms. The number of halogens is 1. The van der Waals surface area contributed by atoms with E-state index in [1.165, 1.54) is 10.9 Å². The molecule has 0 saturated carbocycles. The minimum Gasteiger partial charge on any atom is -0.376 e. The average Bonchev–Trinajstić information content (AvgIpc) is 2.89. The van der Waals surface area contributed by atoms with Crippen molar-refractivity contribution < 1.29 is 4.39 Å². The van der Waals surface area contributed by atoms with Crippen molar-refractivity contribution in [1.82, 2.24) is 0 Å². The first-order valence-corrected chi connectivity index (χ1v) is 6.62. The van der Waals surface area contributed by atoms with Crippen LogP contribution in [-0.4, -0.2) is 0 Å². The number of rotatable bonds is 4. The standard InChI is InChI=1S/C14H13FN2S/c1-2-12(14-7-4-8-18-14)17-13-6-3-5-11(15)10(13)9-16/h3-8,12,17H,2H2,1H3. The zero-order chi connectivity index (χ0) is 13.0. The molecule has 1 unspecified atom stereocenters. The second-order valence-corrected chi connectivity index (χ2v) is 4.87. The van der Waals surface area contributed by atoms with E-state index in [-0.39, 0.29) is 11.6 Å². The first kappa shape index (κ1) is 12.6. The molecule has 2 rings (SSSR count). The van der Waals surface area contributed by atoms with Crippen molar-refractivity contribution in [3.63, 3.8) is 0 Å². The highest BCUT2D eigenvalue weighted by molar-refractivity contribution is 7.10. The van der Waals surface area contributed by atoms with Gasteiger partial charge in [0.2, 0.25) is 0 Å². The van der Waals surface area contributed by atoms with Crippen LogP contribution in [0.1, 0.15) is 29.8 Å². The number of nitrogens with zero attached hydrogens (tertiary/aromatic N) is 1. The van der Waals surface area contributed by atoms with E-state index in [0.717, 1.165) is 6.42 Å². The van der Waals surface area contributed by atoms with Gasteiger partial charge in [-0.15, -0.1) is 11.3 Å². The number of anilines is 1. The molecule has 1 aromatic heterocycles. The minimum atomic E-state index is -0.483. The lowest BCUT2D eigenvalue weighted by Gasteiger charge is -2.17. The van der Waals surface area contributed by atoms with E-state index in [2.05, 4.69) is 12.2 Å². The Kier molecular flexibility index (Phi) is 3.96. The summed E-state index contributed by atoms with van der Waals surface area (Å²) in [6.45, 7) is 2.06. The van der Waals surface area contributed by atoms with Gasteiger partial charge in [0, 0.05) is 4.88 Å². The molecule has 0 amide bonds. The Balaban J connectivity index is 2.29. The third kappa shape index (κ3) is 2.52. The van der Waals surface area contributed by atoms with Crippen LogP contribution in [0.2, 0.25) is 0 Å². The van der Waals surface area contributed by atoms with Gasteiger partial charge in [-0.1, -0.05) is 19.1 Å². The highest BCUT2D eigenvalue weighted by Crippen LogP contribution is 2.28. The predicted octanol–water partition coefficient (Wildman–Crippen LogP) is 4.32. The first-order valence-electron chi connectivity index (χ1n) is 5.74. The number of benzene rings is 1. The molecule has 92 valence electrons. The fraction of sp³-hybridized carbons (Fsp3) is 0.214. The van der Waals surface area contributed by atoms with Crippen LogP contribution >= 0.6 is 11.3 Å². The first-order chi connectivity index (χ1) is 8.76. The van der Waals surface area contributed by atoms with Crippen molar-refractivity contribution in [2.24, 2.45) is 0 Å². The van der Waals surface area contributed by atoms with Gasteiger partial charge in [0.1, 0.15) is 17.4 Å². The minimum absolute atomic E-state index is 0.0764. The number of nitrogens with one attached hydrogen (secondary N) is 1. The van der Waals surface area contributed by atoms with Crippen LogP contribution in [0.4, 0.5) is 10.1 Å². The van der Waals surface area contributed by atoms with Crippen LogP contribution in [0.25, 0.3) is 0 Å². The van der Waals surface area contributed by atoms with Gasteiger partial charge in [0.15, 0.2) is 0 Å². The summed E-state index contributed by atoms with van der Waals surface area (Å²) in [4.78, 5) is 1.19. The van der Waals surface area contributed by atoms with Crippen LogP contribution in [-0.2, 0) is 0 Å². The summed E-state index contributed by atoms with van der Waals surface area (Å²) in [7, 11) is 0. The van der Waals surface area contributed by atoms with Crippen molar-refractivity contribution in [2.75, 3.05) is 5.32 Å². The van der Waals surface area contributed by atoms with E-state index < -0.39 is 5.82 Å². The lowest BCUT2D eigenvalue weighted by Crippen LogP contribution is -2.09. The normalized spacial score (nSPS) is 11.8. The average molecular weight is 260 g/mol. The number of thiophene rings is 1. The summed E-state index contributed by atoms with van der Waals surface area (Å²) in [5.41, 5.74) is 0.630. The maximum Gasteiger partial charge on any atom is 0.143 e. The largest absolute Gasteiger partial charge is 0.376 e. The molecule has 0 radical (unpaired) electrons. The second-order valence-electron chi connectivity index (χ2n) is 3.89. The molecule has 0 saturated heterocycles. The van der Waals surface area contributed by atoms with Gasteiger partial charge in [-0.25, -0.2) is 4.39 Å². The molecule has 0 aliphatic carbocycles. The third-order valence-electron chi connectivity index (χ3n) is 2.75. The van der Waals surface area contributed by atoms with Crippen molar-refractivity contribution in [2.45, 2.75) is 19.4 Å².